The molecule has 0 fully saturated rings. The van der Waals surface area contributed by atoms with E-state index in [1.54, 1.807) is 31.2 Å². The van der Waals surface area contributed by atoms with Crippen molar-refractivity contribution in [2.75, 3.05) is 17.9 Å². The first-order chi connectivity index (χ1) is 18.1. The maximum atomic E-state index is 13.1. The number of hydrogen-bond acceptors (Lipinski definition) is 5. The number of anilines is 1. The van der Waals surface area contributed by atoms with Gasteiger partial charge in [-0.1, -0.05) is 29.8 Å². The van der Waals surface area contributed by atoms with E-state index in [1.807, 2.05) is 0 Å². The predicted molar refractivity (Wildman–Crippen MR) is 144 cm³/mol. The summed E-state index contributed by atoms with van der Waals surface area (Å²) < 4.78 is 46.2. The van der Waals surface area contributed by atoms with Crippen molar-refractivity contribution in [3.05, 3.63) is 102 Å². The molecule has 0 unspecified atom stereocenters. The molecule has 2 N–H and O–H groups in total. The highest BCUT2D eigenvalue weighted by molar-refractivity contribution is 7.92. The average Bonchev–Trinajstić information content (AvgIpc) is 2.91. The van der Waals surface area contributed by atoms with Gasteiger partial charge in [-0.05, 0) is 73.2 Å². The lowest BCUT2D eigenvalue weighted by molar-refractivity contribution is -0.142. The van der Waals surface area contributed by atoms with Crippen LogP contribution < -0.4 is 14.8 Å². The summed E-state index contributed by atoms with van der Waals surface area (Å²) in [6.07, 6.45) is 1.54. The van der Waals surface area contributed by atoms with Crippen LogP contribution in [0.2, 0.25) is 5.02 Å². The van der Waals surface area contributed by atoms with Gasteiger partial charge in [0, 0.05) is 23.8 Å². The number of carbonyl (C=O) groups excluding carboxylic acids is 2. The van der Waals surface area contributed by atoms with E-state index >= 15 is 0 Å². The molecule has 0 heterocycles. The maximum absolute atomic E-state index is 13.1. The van der Waals surface area contributed by atoms with Crippen molar-refractivity contribution in [3.8, 4) is 5.75 Å². The Morgan fingerprint density at radius 1 is 1.05 bits per heavy atom. The number of amides is 2. The van der Waals surface area contributed by atoms with Gasteiger partial charge in [-0.25, -0.2) is 12.8 Å². The molecule has 0 saturated carbocycles. The third-order valence-corrected chi connectivity index (χ3v) is 7.10. The Hall–Kier alpha value is -3.89. The molecule has 0 aliphatic heterocycles. The number of ether oxygens (including phenoxy) is 1. The quantitative estimate of drug-likeness (QED) is 0.321. The zero-order chi connectivity index (χ0) is 27.7. The fraction of sp³-hybridized carbons (Fsp3) is 0.185. The van der Waals surface area contributed by atoms with Crippen LogP contribution in [0.3, 0.4) is 0 Å². The SMILES string of the molecule is C=CCNC(=O)[C@H](C)N(Cc1ccc(Cl)cc1)C(=O)COc1ccc(S(=O)(=O)Nc2ccc(F)cc2)cc1. The van der Waals surface area contributed by atoms with Gasteiger partial charge in [-0.15, -0.1) is 6.58 Å². The largest absolute Gasteiger partial charge is 0.484 e. The molecule has 8 nitrogen and oxygen atoms in total. The number of rotatable bonds is 12. The summed E-state index contributed by atoms with van der Waals surface area (Å²) in [4.78, 5) is 27.0. The van der Waals surface area contributed by atoms with Crippen molar-refractivity contribution >= 4 is 39.1 Å². The van der Waals surface area contributed by atoms with Crippen molar-refractivity contribution in [2.45, 2.75) is 24.4 Å². The van der Waals surface area contributed by atoms with Crippen LogP contribution in [0.1, 0.15) is 12.5 Å². The number of sulfonamides is 1. The molecule has 200 valence electrons. The van der Waals surface area contributed by atoms with Crippen molar-refractivity contribution in [1.29, 1.82) is 0 Å². The third-order valence-electron chi connectivity index (χ3n) is 5.45. The lowest BCUT2D eigenvalue weighted by Gasteiger charge is -2.28. The Kier molecular flexibility index (Phi) is 9.86. The van der Waals surface area contributed by atoms with Gasteiger partial charge in [-0.3, -0.25) is 14.3 Å². The number of hydrogen-bond donors (Lipinski definition) is 2. The minimum absolute atomic E-state index is 0.0441. The van der Waals surface area contributed by atoms with Crippen LogP contribution in [0.4, 0.5) is 10.1 Å². The third kappa shape index (κ3) is 8.06. The molecular weight excluding hydrogens is 533 g/mol. The lowest BCUT2D eigenvalue weighted by Crippen LogP contribution is -2.49. The van der Waals surface area contributed by atoms with Crippen LogP contribution in [-0.4, -0.2) is 44.3 Å². The molecule has 3 aromatic rings. The summed E-state index contributed by atoms with van der Waals surface area (Å²) in [7, 11) is -3.92. The van der Waals surface area contributed by atoms with Crippen LogP contribution >= 0.6 is 11.6 Å². The first-order valence-corrected chi connectivity index (χ1v) is 13.4. The number of benzene rings is 3. The van der Waals surface area contributed by atoms with E-state index in [9.17, 15) is 22.4 Å². The van der Waals surface area contributed by atoms with Crippen LogP contribution in [0.15, 0.2) is 90.3 Å². The highest BCUT2D eigenvalue weighted by Crippen LogP contribution is 2.20. The molecule has 2 amide bonds. The molecule has 0 spiro atoms. The van der Waals surface area contributed by atoms with Gasteiger partial charge < -0.3 is 15.0 Å². The van der Waals surface area contributed by atoms with E-state index in [0.717, 1.165) is 17.7 Å². The van der Waals surface area contributed by atoms with Gasteiger partial charge in [0.15, 0.2) is 6.61 Å². The predicted octanol–water partition coefficient (Wildman–Crippen LogP) is 4.38. The normalized spacial score (nSPS) is 11.8. The first kappa shape index (κ1) is 28.7. The molecule has 38 heavy (non-hydrogen) atoms. The van der Waals surface area contributed by atoms with Crippen molar-refractivity contribution in [2.24, 2.45) is 0 Å². The summed E-state index contributed by atoms with van der Waals surface area (Å²) in [5.41, 5.74) is 0.985. The molecule has 11 heteroatoms. The zero-order valence-electron chi connectivity index (χ0n) is 20.6. The van der Waals surface area contributed by atoms with E-state index in [2.05, 4.69) is 16.6 Å². The van der Waals surface area contributed by atoms with Crippen LogP contribution in [-0.2, 0) is 26.2 Å². The fourth-order valence-electron chi connectivity index (χ4n) is 3.36. The summed E-state index contributed by atoms with van der Waals surface area (Å²) in [6.45, 7) is 5.21. The summed E-state index contributed by atoms with van der Waals surface area (Å²) >= 11 is 5.95. The first-order valence-electron chi connectivity index (χ1n) is 11.5. The van der Waals surface area contributed by atoms with E-state index < -0.39 is 27.8 Å². The molecule has 0 radical (unpaired) electrons. The van der Waals surface area contributed by atoms with Crippen molar-refractivity contribution in [1.82, 2.24) is 10.2 Å². The Morgan fingerprint density at radius 2 is 1.68 bits per heavy atom. The standard InChI is InChI=1S/C27H27ClFN3O5S/c1-3-16-30-27(34)19(2)32(17-20-4-6-21(28)7-5-20)26(33)18-37-24-12-14-25(15-13-24)38(35,36)31-23-10-8-22(29)9-11-23/h3-15,19,31H,1,16-18H2,2H3,(H,30,34)/t19-/m0/s1. The van der Waals surface area contributed by atoms with Gasteiger partial charge in [0.1, 0.15) is 17.6 Å². The number of halogens is 2. The second kappa shape index (κ2) is 13.1. The Balaban J connectivity index is 1.68. The molecule has 0 aromatic heterocycles. The van der Waals surface area contributed by atoms with E-state index in [-0.39, 0.29) is 41.9 Å². The number of nitrogens with one attached hydrogen (secondary N) is 2. The van der Waals surface area contributed by atoms with Gasteiger partial charge in [-0.2, -0.15) is 0 Å². The highest BCUT2D eigenvalue weighted by Gasteiger charge is 2.26. The Morgan fingerprint density at radius 3 is 2.29 bits per heavy atom. The molecule has 3 rings (SSSR count). The van der Waals surface area contributed by atoms with Gasteiger partial charge in [0.05, 0.1) is 4.90 Å². The smallest absolute Gasteiger partial charge is 0.261 e. The average molecular weight is 560 g/mol. The molecule has 3 aromatic carbocycles. The molecule has 0 saturated heterocycles. The lowest BCUT2D eigenvalue weighted by atomic mass is 10.1. The summed E-state index contributed by atoms with van der Waals surface area (Å²) in [5, 5.41) is 3.23. The zero-order valence-corrected chi connectivity index (χ0v) is 22.1. The van der Waals surface area contributed by atoms with Crippen LogP contribution in [0.25, 0.3) is 0 Å². The number of carbonyl (C=O) groups is 2. The van der Waals surface area contributed by atoms with Gasteiger partial charge in [0.25, 0.3) is 15.9 Å². The molecule has 1 atom stereocenters. The molecule has 0 aliphatic rings. The summed E-state index contributed by atoms with van der Waals surface area (Å²) in [5.74, 6) is -1.02. The van der Waals surface area contributed by atoms with Crippen LogP contribution in [0.5, 0.6) is 5.75 Å². The second-order valence-corrected chi connectivity index (χ2v) is 10.3. The Labute approximate surface area is 226 Å². The van der Waals surface area contributed by atoms with E-state index in [1.165, 1.54) is 47.4 Å². The maximum Gasteiger partial charge on any atom is 0.261 e. The molecule has 0 bridgehead atoms. The van der Waals surface area contributed by atoms with Crippen molar-refractivity contribution in [3.63, 3.8) is 0 Å². The van der Waals surface area contributed by atoms with Gasteiger partial charge in [0.2, 0.25) is 5.91 Å². The highest BCUT2D eigenvalue weighted by atomic mass is 35.5. The summed E-state index contributed by atoms with van der Waals surface area (Å²) in [6, 6.07) is 16.5. The van der Waals surface area contributed by atoms with Gasteiger partial charge >= 0.3 is 0 Å². The minimum atomic E-state index is -3.92. The monoisotopic (exact) mass is 559 g/mol. The van der Waals surface area contributed by atoms with Crippen LogP contribution in [0, 0.1) is 5.82 Å². The van der Waals surface area contributed by atoms with E-state index in [0.29, 0.717) is 5.02 Å². The second-order valence-electron chi connectivity index (χ2n) is 8.23. The van der Waals surface area contributed by atoms with E-state index in [4.69, 9.17) is 16.3 Å². The Bertz CT molecular complexity index is 1370. The fourth-order valence-corrected chi connectivity index (χ4v) is 4.55. The minimum Gasteiger partial charge on any atom is -0.484 e. The molecule has 0 aliphatic carbocycles. The topological polar surface area (TPSA) is 105 Å². The number of nitrogens with zero attached hydrogens (tertiary/aromatic N) is 1. The molecular formula is C27H27ClFN3O5S. The van der Waals surface area contributed by atoms with Crippen molar-refractivity contribution < 1.29 is 27.1 Å².